The molecule has 0 aliphatic carbocycles. The molecule has 2 heterocycles. The zero-order valence-corrected chi connectivity index (χ0v) is 14.8. The standard InChI is InChI=1S/C19H19N3O4/c1-13-17(19(24)25-3)10-16(26-13)11-21(2)18(23)14-4-6-15(7-5-14)22-9-8-20-12-22/h4-10,12H,11H2,1-3H3. The van der Waals surface area contributed by atoms with Crippen LogP contribution in [0.4, 0.5) is 0 Å². The molecule has 0 saturated heterocycles. The predicted octanol–water partition coefficient (Wildman–Crippen LogP) is 2.83. The third-order valence-electron chi connectivity index (χ3n) is 4.03. The Balaban J connectivity index is 1.71. The summed E-state index contributed by atoms with van der Waals surface area (Å²) in [6.07, 6.45) is 5.23. The highest BCUT2D eigenvalue weighted by Crippen LogP contribution is 2.18. The summed E-state index contributed by atoms with van der Waals surface area (Å²) in [6, 6.07) is 8.85. The van der Waals surface area contributed by atoms with E-state index in [0.717, 1.165) is 5.69 Å². The molecule has 7 heteroatoms. The molecule has 7 nitrogen and oxygen atoms in total. The smallest absolute Gasteiger partial charge is 0.341 e. The molecule has 26 heavy (non-hydrogen) atoms. The quantitative estimate of drug-likeness (QED) is 0.659. The van der Waals surface area contributed by atoms with Crippen LogP contribution in [0.1, 0.15) is 32.2 Å². The number of hydrogen-bond donors (Lipinski definition) is 0. The molecule has 2 aromatic heterocycles. The zero-order chi connectivity index (χ0) is 18.7. The summed E-state index contributed by atoms with van der Waals surface area (Å²) in [5.74, 6) is 0.392. The van der Waals surface area contributed by atoms with Crippen LogP contribution in [-0.2, 0) is 11.3 Å². The monoisotopic (exact) mass is 353 g/mol. The summed E-state index contributed by atoms with van der Waals surface area (Å²) in [4.78, 5) is 29.8. The van der Waals surface area contributed by atoms with Gasteiger partial charge in [-0.1, -0.05) is 0 Å². The lowest BCUT2D eigenvalue weighted by molar-refractivity contribution is 0.0598. The minimum Gasteiger partial charge on any atom is -0.465 e. The van der Waals surface area contributed by atoms with Crippen LogP contribution >= 0.6 is 0 Å². The van der Waals surface area contributed by atoms with Gasteiger partial charge in [-0.2, -0.15) is 0 Å². The van der Waals surface area contributed by atoms with Gasteiger partial charge >= 0.3 is 5.97 Å². The molecule has 0 aliphatic heterocycles. The van der Waals surface area contributed by atoms with Crippen LogP contribution in [0.15, 0.2) is 53.5 Å². The number of methoxy groups -OCH3 is 1. The van der Waals surface area contributed by atoms with Crippen LogP contribution in [0.2, 0.25) is 0 Å². The summed E-state index contributed by atoms with van der Waals surface area (Å²) in [5.41, 5.74) is 1.85. The number of amides is 1. The maximum Gasteiger partial charge on any atom is 0.341 e. The molecule has 1 aromatic carbocycles. The first-order chi connectivity index (χ1) is 12.5. The molecular formula is C19H19N3O4. The number of esters is 1. The molecule has 3 rings (SSSR count). The van der Waals surface area contributed by atoms with Crippen LogP contribution in [0.5, 0.6) is 0 Å². The van der Waals surface area contributed by atoms with E-state index in [9.17, 15) is 9.59 Å². The molecule has 0 radical (unpaired) electrons. The molecule has 3 aromatic rings. The summed E-state index contributed by atoms with van der Waals surface area (Å²) in [5, 5.41) is 0. The molecule has 0 bridgehead atoms. The first-order valence-electron chi connectivity index (χ1n) is 8.01. The second-order valence-corrected chi connectivity index (χ2v) is 5.85. The molecule has 1 amide bonds. The van der Waals surface area contributed by atoms with Crippen LogP contribution in [0.3, 0.4) is 0 Å². The van der Waals surface area contributed by atoms with Gasteiger partial charge in [0.1, 0.15) is 17.1 Å². The maximum atomic E-state index is 12.6. The minimum atomic E-state index is -0.457. The maximum absolute atomic E-state index is 12.6. The van der Waals surface area contributed by atoms with Crippen molar-refractivity contribution < 1.29 is 18.7 Å². The average Bonchev–Trinajstić information content (AvgIpc) is 3.30. The largest absolute Gasteiger partial charge is 0.465 e. The summed E-state index contributed by atoms with van der Waals surface area (Å²) in [7, 11) is 3.00. The molecule has 0 unspecified atom stereocenters. The van der Waals surface area contributed by atoms with Crippen molar-refractivity contribution in [3.63, 3.8) is 0 Å². The van der Waals surface area contributed by atoms with E-state index in [1.165, 1.54) is 12.0 Å². The van der Waals surface area contributed by atoms with Crippen LogP contribution in [0.25, 0.3) is 5.69 Å². The molecular weight excluding hydrogens is 334 g/mol. The number of benzene rings is 1. The van der Waals surface area contributed by atoms with Crippen molar-refractivity contribution in [3.8, 4) is 5.69 Å². The third kappa shape index (κ3) is 3.51. The van der Waals surface area contributed by atoms with E-state index in [-0.39, 0.29) is 12.5 Å². The SMILES string of the molecule is COC(=O)c1cc(CN(C)C(=O)c2ccc(-n3ccnc3)cc2)oc1C. The van der Waals surface area contributed by atoms with Gasteiger partial charge in [0.2, 0.25) is 0 Å². The molecule has 134 valence electrons. The number of furan rings is 1. The van der Waals surface area contributed by atoms with Gasteiger partial charge in [-0.05, 0) is 37.3 Å². The lowest BCUT2D eigenvalue weighted by Gasteiger charge is -2.16. The predicted molar refractivity (Wildman–Crippen MR) is 94.1 cm³/mol. The highest BCUT2D eigenvalue weighted by atomic mass is 16.5. The van der Waals surface area contributed by atoms with Gasteiger partial charge in [0.25, 0.3) is 5.91 Å². The van der Waals surface area contributed by atoms with Crippen molar-refractivity contribution in [2.75, 3.05) is 14.2 Å². The van der Waals surface area contributed by atoms with E-state index in [1.54, 1.807) is 44.7 Å². The van der Waals surface area contributed by atoms with Crippen LogP contribution in [0, 0.1) is 6.92 Å². The summed E-state index contributed by atoms with van der Waals surface area (Å²) < 4.78 is 12.1. The zero-order valence-electron chi connectivity index (χ0n) is 14.8. The topological polar surface area (TPSA) is 77.6 Å². The second kappa shape index (κ2) is 7.26. The van der Waals surface area contributed by atoms with E-state index in [4.69, 9.17) is 9.15 Å². The van der Waals surface area contributed by atoms with Crippen molar-refractivity contribution in [1.82, 2.24) is 14.5 Å². The van der Waals surface area contributed by atoms with Crippen molar-refractivity contribution in [1.29, 1.82) is 0 Å². The van der Waals surface area contributed by atoms with E-state index in [0.29, 0.717) is 22.6 Å². The van der Waals surface area contributed by atoms with Crippen LogP contribution in [-0.4, -0.2) is 40.5 Å². The summed E-state index contributed by atoms with van der Waals surface area (Å²) in [6.45, 7) is 1.94. The second-order valence-electron chi connectivity index (χ2n) is 5.85. The number of nitrogens with zero attached hydrogens (tertiary/aromatic N) is 3. The summed E-state index contributed by atoms with van der Waals surface area (Å²) >= 11 is 0. The van der Waals surface area contributed by atoms with Gasteiger partial charge in [0, 0.05) is 30.7 Å². The highest BCUT2D eigenvalue weighted by Gasteiger charge is 2.18. The van der Waals surface area contributed by atoms with E-state index < -0.39 is 5.97 Å². The molecule has 0 atom stereocenters. The number of rotatable bonds is 5. The number of hydrogen-bond acceptors (Lipinski definition) is 5. The van der Waals surface area contributed by atoms with Gasteiger partial charge in [-0.15, -0.1) is 0 Å². The molecule has 0 saturated carbocycles. The first kappa shape index (κ1) is 17.5. The number of ether oxygens (including phenoxy) is 1. The third-order valence-corrected chi connectivity index (χ3v) is 4.03. The fourth-order valence-electron chi connectivity index (χ4n) is 2.65. The Hall–Kier alpha value is -3.35. The Morgan fingerprint density at radius 3 is 2.62 bits per heavy atom. The Morgan fingerprint density at radius 1 is 1.27 bits per heavy atom. The Morgan fingerprint density at radius 2 is 2.00 bits per heavy atom. The van der Waals surface area contributed by atoms with Crippen molar-refractivity contribution >= 4 is 11.9 Å². The average molecular weight is 353 g/mol. The Labute approximate surface area is 150 Å². The first-order valence-corrected chi connectivity index (χ1v) is 8.01. The van der Waals surface area contributed by atoms with Crippen molar-refractivity contribution in [2.24, 2.45) is 0 Å². The minimum absolute atomic E-state index is 0.143. The van der Waals surface area contributed by atoms with Gasteiger partial charge in [0.05, 0.1) is 20.0 Å². The van der Waals surface area contributed by atoms with Gasteiger partial charge in [-0.25, -0.2) is 9.78 Å². The van der Waals surface area contributed by atoms with E-state index in [2.05, 4.69) is 4.98 Å². The fourth-order valence-corrected chi connectivity index (χ4v) is 2.65. The fraction of sp³-hybridized carbons (Fsp3) is 0.211. The lowest BCUT2D eigenvalue weighted by atomic mass is 10.1. The Kier molecular flexibility index (Phi) is 4.88. The van der Waals surface area contributed by atoms with Crippen molar-refractivity contribution in [3.05, 3.63) is 71.7 Å². The van der Waals surface area contributed by atoms with Gasteiger partial charge in [0.15, 0.2) is 0 Å². The van der Waals surface area contributed by atoms with E-state index >= 15 is 0 Å². The van der Waals surface area contributed by atoms with Gasteiger partial charge in [-0.3, -0.25) is 4.79 Å². The number of aromatic nitrogens is 2. The van der Waals surface area contributed by atoms with Gasteiger partial charge < -0.3 is 18.6 Å². The van der Waals surface area contributed by atoms with Crippen LogP contribution < -0.4 is 0 Å². The van der Waals surface area contributed by atoms with Crippen molar-refractivity contribution in [2.45, 2.75) is 13.5 Å². The number of aryl methyl sites for hydroxylation is 1. The normalized spacial score (nSPS) is 10.6. The molecule has 0 aliphatic rings. The number of imidazole rings is 1. The molecule has 0 spiro atoms. The lowest BCUT2D eigenvalue weighted by Crippen LogP contribution is -2.26. The molecule has 0 N–H and O–H groups in total. The number of carbonyl (C=O) groups is 2. The Bertz CT molecular complexity index is 911. The number of carbonyl (C=O) groups excluding carboxylic acids is 2. The highest BCUT2D eigenvalue weighted by molar-refractivity contribution is 5.94. The molecule has 0 fully saturated rings. The van der Waals surface area contributed by atoms with E-state index in [1.807, 2.05) is 22.9 Å².